The number of aromatic amines is 1. The number of nitrogens with zero attached hydrogens (tertiary/aromatic N) is 2. The van der Waals surface area contributed by atoms with Crippen LogP contribution in [0.2, 0.25) is 0 Å². The van der Waals surface area contributed by atoms with Crippen LogP contribution in [0, 0.1) is 5.82 Å². The zero-order valence-corrected chi connectivity index (χ0v) is 15.2. The van der Waals surface area contributed by atoms with Gasteiger partial charge >= 0.3 is 0 Å². The maximum Gasteiger partial charge on any atom is 0.260 e. The second-order valence-corrected chi connectivity index (χ2v) is 7.03. The van der Waals surface area contributed by atoms with Crippen molar-refractivity contribution >= 4 is 27.3 Å². The van der Waals surface area contributed by atoms with Gasteiger partial charge in [-0.05, 0) is 30.7 Å². The Bertz CT molecular complexity index is 1210. The highest BCUT2D eigenvalue weighted by Gasteiger charge is 2.15. The topological polar surface area (TPSA) is 66.7 Å². The maximum absolute atomic E-state index is 13.2. The van der Waals surface area contributed by atoms with Crippen molar-refractivity contribution in [3.05, 3.63) is 81.7 Å². The SMILES string of the molecule is CC(=O)c1ccc[n+](Cc2nc3scc(-c4ccc(F)cc4)c3c(=O)[nH]2)c1. The van der Waals surface area contributed by atoms with E-state index in [1.54, 1.807) is 35.0 Å². The predicted octanol–water partition coefficient (Wildman–Crippen LogP) is 3.33. The molecular weight excluding hydrogens is 365 g/mol. The molecule has 0 saturated heterocycles. The lowest BCUT2D eigenvalue weighted by Crippen LogP contribution is -2.36. The Kier molecular flexibility index (Phi) is 4.37. The number of H-pyrrole nitrogens is 1. The molecule has 0 spiro atoms. The number of hydrogen-bond donors (Lipinski definition) is 1. The van der Waals surface area contributed by atoms with Crippen molar-refractivity contribution in [2.75, 3.05) is 0 Å². The summed E-state index contributed by atoms with van der Waals surface area (Å²) < 4.78 is 15.0. The number of fused-ring (bicyclic) bond motifs is 1. The quantitative estimate of drug-likeness (QED) is 0.436. The van der Waals surface area contributed by atoms with Crippen LogP contribution in [0.1, 0.15) is 23.1 Å². The zero-order chi connectivity index (χ0) is 19.0. The molecule has 134 valence electrons. The number of rotatable bonds is 4. The van der Waals surface area contributed by atoms with Gasteiger partial charge in [0.2, 0.25) is 6.54 Å². The molecule has 0 aliphatic carbocycles. The lowest BCUT2D eigenvalue weighted by atomic mass is 10.1. The van der Waals surface area contributed by atoms with Crippen molar-refractivity contribution in [2.45, 2.75) is 13.5 Å². The van der Waals surface area contributed by atoms with Gasteiger partial charge in [0.25, 0.3) is 5.56 Å². The third-order valence-corrected chi connectivity index (χ3v) is 5.12. The van der Waals surface area contributed by atoms with Gasteiger partial charge in [-0.3, -0.25) is 9.59 Å². The third kappa shape index (κ3) is 3.41. The molecule has 0 aliphatic heterocycles. The summed E-state index contributed by atoms with van der Waals surface area (Å²) in [6, 6.07) is 9.55. The molecule has 4 aromatic rings. The van der Waals surface area contributed by atoms with Gasteiger partial charge in [-0.2, -0.15) is 4.57 Å². The van der Waals surface area contributed by atoms with Crippen molar-refractivity contribution in [1.29, 1.82) is 0 Å². The van der Waals surface area contributed by atoms with Gasteiger partial charge in [-0.25, -0.2) is 9.37 Å². The first-order valence-electron chi connectivity index (χ1n) is 8.27. The van der Waals surface area contributed by atoms with Crippen LogP contribution in [0.25, 0.3) is 21.3 Å². The second kappa shape index (κ2) is 6.85. The molecule has 1 N–H and O–H groups in total. The lowest BCUT2D eigenvalue weighted by molar-refractivity contribution is -0.689. The first-order chi connectivity index (χ1) is 13.0. The molecule has 7 heteroatoms. The van der Waals surface area contributed by atoms with E-state index >= 15 is 0 Å². The molecule has 0 unspecified atom stereocenters. The molecule has 0 amide bonds. The number of thiophene rings is 1. The largest absolute Gasteiger partial charge is 0.305 e. The summed E-state index contributed by atoms with van der Waals surface area (Å²) in [7, 11) is 0. The summed E-state index contributed by atoms with van der Waals surface area (Å²) in [5, 5.41) is 2.35. The first kappa shape index (κ1) is 17.2. The van der Waals surface area contributed by atoms with E-state index in [-0.39, 0.29) is 17.2 Å². The van der Waals surface area contributed by atoms with Gasteiger partial charge in [-0.1, -0.05) is 12.1 Å². The van der Waals surface area contributed by atoms with E-state index in [0.717, 1.165) is 11.1 Å². The van der Waals surface area contributed by atoms with Crippen LogP contribution >= 0.6 is 11.3 Å². The van der Waals surface area contributed by atoms with Crippen molar-refractivity contribution in [3.63, 3.8) is 0 Å². The average molecular weight is 380 g/mol. The van der Waals surface area contributed by atoms with Gasteiger partial charge in [0.1, 0.15) is 10.6 Å². The molecule has 0 atom stereocenters. The fraction of sp³-hybridized carbons (Fsp3) is 0.100. The van der Waals surface area contributed by atoms with Crippen molar-refractivity contribution in [2.24, 2.45) is 0 Å². The van der Waals surface area contributed by atoms with Gasteiger partial charge in [-0.15, -0.1) is 11.3 Å². The summed E-state index contributed by atoms with van der Waals surface area (Å²) >= 11 is 1.37. The first-order valence-corrected chi connectivity index (χ1v) is 9.15. The van der Waals surface area contributed by atoms with Gasteiger partial charge < -0.3 is 4.98 Å². The normalized spacial score (nSPS) is 11.0. The average Bonchev–Trinajstić information content (AvgIpc) is 3.07. The molecule has 0 aliphatic rings. The number of Topliss-reactive ketones (excluding diaryl/α,β-unsaturated/α-hetero) is 1. The third-order valence-electron chi connectivity index (χ3n) is 4.25. The molecule has 3 aromatic heterocycles. The smallest absolute Gasteiger partial charge is 0.260 e. The summed E-state index contributed by atoms with van der Waals surface area (Å²) in [4.78, 5) is 32.2. The molecule has 4 rings (SSSR count). The molecule has 5 nitrogen and oxygen atoms in total. The number of ketones is 1. The Labute approximate surface area is 157 Å². The second-order valence-electron chi connectivity index (χ2n) is 6.17. The molecule has 3 heterocycles. The molecule has 0 bridgehead atoms. The number of nitrogens with one attached hydrogen (secondary N) is 1. The van der Waals surface area contributed by atoms with E-state index in [1.165, 1.54) is 30.4 Å². The summed E-state index contributed by atoms with van der Waals surface area (Å²) in [5.41, 5.74) is 1.86. The van der Waals surface area contributed by atoms with E-state index in [1.807, 2.05) is 11.6 Å². The lowest BCUT2D eigenvalue weighted by Gasteiger charge is -2.01. The number of halogens is 1. The van der Waals surface area contributed by atoms with Crippen LogP contribution in [0.15, 0.2) is 59.0 Å². The summed E-state index contributed by atoms with van der Waals surface area (Å²) in [5.74, 6) is 0.159. The van der Waals surface area contributed by atoms with Crippen LogP contribution in [-0.2, 0) is 6.54 Å². The number of benzene rings is 1. The van der Waals surface area contributed by atoms with E-state index in [0.29, 0.717) is 28.1 Å². The summed E-state index contributed by atoms with van der Waals surface area (Å²) in [6.45, 7) is 1.85. The van der Waals surface area contributed by atoms with Gasteiger partial charge in [0.15, 0.2) is 24.0 Å². The Hall–Kier alpha value is -3.19. The van der Waals surface area contributed by atoms with Crippen molar-refractivity contribution < 1.29 is 13.8 Å². The zero-order valence-electron chi connectivity index (χ0n) is 14.4. The Morgan fingerprint density at radius 1 is 1.26 bits per heavy atom. The van der Waals surface area contributed by atoms with E-state index in [2.05, 4.69) is 9.97 Å². The highest BCUT2D eigenvalue weighted by Crippen LogP contribution is 2.30. The highest BCUT2D eigenvalue weighted by molar-refractivity contribution is 7.17. The molecule has 0 saturated carbocycles. The minimum atomic E-state index is -0.322. The van der Waals surface area contributed by atoms with E-state index in [9.17, 15) is 14.0 Å². The highest BCUT2D eigenvalue weighted by atomic mass is 32.1. The fourth-order valence-electron chi connectivity index (χ4n) is 2.91. The Morgan fingerprint density at radius 3 is 2.78 bits per heavy atom. The number of carbonyl (C=O) groups excluding carboxylic acids is 1. The van der Waals surface area contributed by atoms with Crippen LogP contribution in [0.3, 0.4) is 0 Å². The molecule has 0 fully saturated rings. The standard InChI is InChI=1S/C20H14FN3O2S/c1-12(25)14-3-2-8-24(9-14)10-17-22-19(26)18-16(11-27-20(18)23-17)13-4-6-15(21)7-5-13/h2-9,11H,10H2,1H3/p+1. The number of aromatic nitrogens is 3. The van der Waals surface area contributed by atoms with E-state index in [4.69, 9.17) is 0 Å². The molecule has 27 heavy (non-hydrogen) atoms. The minimum Gasteiger partial charge on any atom is -0.305 e. The number of hydrogen-bond acceptors (Lipinski definition) is 4. The minimum absolute atomic E-state index is 0.0246. The Morgan fingerprint density at radius 2 is 2.04 bits per heavy atom. The maximum atomic E-state index is 13.2. The monoisotopic (exact) mass is 380 g/mol. The van der Waals surface area contributed by atoms with E-state index < -0.39 is 0 Å². The molecule has 1 aromatic carbocycles. The van der Waals surface area contributed by atoms with Crippen molar-refractivity contribution in [3.8, 4) is 11.1 Å². The van der Waals surface area contributed by atoms with Crippen LogP contribution in [0.4, 0.5) is 4.39 Å². The van der Waals surface area contributed by atoms with Crippen molar-refractivity contribution in [1.82, 2.24) is 9.97 Å². The van der Waals surface area contributed by atoms with Crippen LogP contribution in [-0.4, -0.2) is 15.8 Å². The number of carbonyl (C=O) groups is 1. The van der Waals surface area contributed by atoms with Gasteiger partial charge in [0.05, 0.1) is 10.9 Å². The van der Waals surface area contributed by atoms with Gasteiger partial charge in [0, 0.05) is 17.0 Å². The predicted molar refractivity (Wildman–Crippen MR) is 101 cm³/mol. The van der Waals surface area contributed by atoms with Crippen LogP contribution in [0.5, 0.6) is 0 Å². The van der Waals surface area contributed by atoms with Crippen LogP contribution < -0.4 is 10.1 Å². The number of pyridine rings is 1. The fourth-order valence-corrected chi connectivity index (χ4v) is 3.88. The molecule has 0 radical (unpaired) electrons. The molecular formula is C20H15FN3O2S+. The Balaban J connectivity index is 1.73. The summed E-state index contributed by atoms with van der Waals surface area (Å²) in [6.07, 6.45) is 3.54.